The van der Waals surface area contributed by atoms with Gasteiger partial charge in [-0.15, -0.1) is 0 Å². The Balaban J connectivity index is 2.09. The van der Waals surface area contributed by atoms with Crippen LogP contribution < -0.4 is 0 Å². The first-order chi connectivity index (χ1) is 7.45. The highest BCUT2D eigenvalue weighted by Gasteiger charge is 1.88. The first-order valence-corrected chi connectivity index (χ1v) is 5.22. The Morgan fingerprint density at radius 2 is 1.80 bits per heavy atom. The van der Waals surface area contributed by atoms with Gasteiger partial charge in [0, 0.05) is 0 Å². The minimum Gasteiger partial charge on any atom is -0.0807 e. The number of benzene rings is 1. The maximum absolute atomic E-state index is 2.22. The van der Waals surface area contributed by atoms with E-state index < -0.39 is 0 Å². The van der Waals surface area contributed by atoms with Gasteiger partial charge in [-0.2, -0.15) is 0 Å². The van der Waals surface area contributed by atoms with Crippen LogP contribution in [0.5, 0.6) is 0 Å². The van der Waals surface area contributed by atoms with Crippen molar-refractivity contribution in [2.24, 2.45) is 0 Å². The Morgan fingerprint density at radius 1 is 0.933 bits per heavy atom. The molecule has 0 spiro atoms. The van der Waals surface area contributed by atoms with Crippen LogP contribution in [0.3, 0.4) is 0 Å². The number of hydrogen-bond donors (Lipinski definition) is 0. The molecule has 0 saturated heterocycles. The van der Waals surface area contributed by atoms with Gasteiger partial charge in [-0.3, -0.25) is 0 Å². The number of allylic oxidation sites excluding steroid dienone is 7. The van der Waals surface area contributed by atoms with E-state index in [1.807, 2.05) is 6.07 Å². The highest BCUT2D eigenvalue weighted by Crippen LogP contribution is 2.09. The molecule has 0 heterocycles. The SMILES string of the molecule is C1=CCC=C(/C=C/c2ccccc2)C=C1. The zero-order valence-corrected chi connectivity index (χ0v) is 8.64. The van der Waals surface area contributed by atoms with Crippen LogP contribution in [-0.4, -0.2) is 0 Å². The molecule has 0 bridgehead atoms. The van der Waals surface area contributed by atoms with Crippen LogP contribution >= 0.6 is 0 Å². The first-order valence-electron chi connectivity index (χ1n) is 5.22. The average Bonchev–Trinajstić information content (AvgIpc) is 2.56. The molecule has 0 fully saturated rings. The highest BCUT2D eigenvalue weighted by atomic mass is 13.9. The van der Waals surface area contributed by atoms with Gasteiger partial charge in [0.25, 0.3) is 0 Å². The van der Waals surface area contributed by atoms with E-state index in [0.29, 0.717) is 0 Å². The fourth-order valence-electron chi connectivity index (χ4n) is 1.48. The van der Waals surface area contributed by atoms with Crippen molar-refractivity contribution in [1.29, 1.82) is 0 Å². The van der Waals surface area contributed by atoms with Crippen molar-refractivity contribution in [1.82, 2.24) is 0 Å². The van der Waals surface area contributed by atoms with Crippen LogP contribution in [0.2, 0.25) is 0 Å². The van der Waals surface area contributed by atoms with E-state index in [1.54, 1.807) is 0 Å². The zero-order chi connectivity index (χ0) is 10.3. The molecule has 0 saturated carbocycles. The lowest BCUT2D eigenvalue weighted by Gasteiger charge is -1.93. The summed E-state index contributed by atoms with van der Waals surface area (Å²) < 4.78 is 0. The molecular formula is C15H14. The Kier molecular flexibility index (Phi) is 3.34. The minimum atomic E-state index is 1.02. The summed E-state index contributed by atoms with van der Waals surface area (Å²) in [6.07, 6.45) is 16.0. The predicted octanol–water partition coefficient (Wildman–Crippen LogP) is 4.14. The molecule has 1 aliphatic carbocycles. The smallest absolute Gasteiger partial charge is 0.0157 e. The summed E-state index contributed by atoms with van der Waals surface area (Å²) in [6, 6.07) is 10.4. The Bertz CT molecular complexity index is 417. The van der Waals surface area contributed by atoms with E-state index in [4.69, 9.17) is 0 Å². The third-order valence-electron chi connectivity index (χ3n) is 2.29. The molecule has 1 aliphatic rings. The number of rotatable bonds is 2. The van der Waals surface area contributed by atoms with Crippen molar-refractivity contribution in [3.63, 3.8) is 0 Å². The quantitative estimate of drug-likeness (QED) is 0.663. The highest BCUT2D eigenvalue weighted by molar-refractivity contribution is 5.54. The van der Waals surface area contributed by atoms with Crippen molar-refractivity contribution < 1.29 is 0 Å². The summed E-state index contributed by atoms with van der Waals surface area (Å²) in [4.78, 5) is 0. The summed E-state index contributed by atoms with van der Waals surface area (Å²) in [6.45, 7) is 0. The van der Waals surface area contributed by atoms with E-state index in [2.05, 4.69) is 66.8 Å². The standard InChI is InChI=1S/C15H14/c1-2-5-9-14(8-4-1)12-13-15-10-6-3-7-11-15/h1-4,6-13H,5H2/b13-12+. The van der Waals surface area contributed by atoms with Crippen LogP contribution in [0, 0.1) is 0 Å². The summed E-state index contributed by atoms with van der Waals surface area (Å²) in [7, 11) is 0. The maximum atomic E-state index is 2.22. The molecule has 1 aromatic carbocycles. The Hall–Kier alpha value is -1.82. The Labute approximate surface area is 91.0 Å². The molecule has 0 aliphatic heterocycles. The molecule has 0 nitrogen and oxygen atoms in total. The van der Waals surface area contributed by atoms with Gasteiger partial charge in [0.2, 0.25) is 0 Å². The molecule has 0 amide bonds. The molecule has 15 heavy (non-hydrogen) atoms. The van der Waals surface area contributed by atoms with E-state index in [0.717, 1.165) is 6.42 Å². The largest absolute Gasteiger partial charge is 0.0807 e. The molecule has 0 N–H and O–H groups in total. The van der Waals surface area contributed by atoms with Crippen LogP contribution in [0.1, 0.15) is 12.0 Å². The summed E-state index contributed by atoms with van der Waals surface area (Å²) >= 11 is 0. The molecule has 0 atom stereocenters. The topological polar surface area (TPSA) is 0 Å². The predicted molar refractivity (Wildman–Crippen MR) is 66.5 cm³/mol. The second kappa shape index (κ2) is 5.16. The molecule has 0 aromatic heterocycles. The van der Waals surface area contributed by atoms with Crippen LogP contribution in [0.15, 0.2) is 72.4 Å². The van der Waals surface area contributed by atoms with Crippen LogP contribution in [0.4, 0.5) is 0 Å². The van der Waals surface area contributed by atoms with Gasteiger partial charge in [0.15, 0.2) is 0 Å². The summed E-state index contributed by atoms with van der Waals surface area (Å²) in [5.74, 6) is 0. The van der Waals surface area contributed by atoms with Gasteiger partial charge in [-0.25, -0.2) is 0 Å². The van der Waals surface area contributed by atoms with E-state index in [9.17, 15) is 0 Å². The molecular weight excluding hydrogens is 180 g/mol. The molecule has 74 valence electrons. The summed E-state index contributed by atoms with van der Waals surface area (Å²) in [5, 5.41) is 0. The van der Waals surface area contributed by atoms with Gasteiger partial charge >= 0.3 is 0 Å². The lowest BCUT2D eigenvalue weighted by Crippen LogP contribution is -1.72. The number of hydrogen-bond acceptors (Lipinski definition) is 0. The van der Waals surface area contributed by atoms with Crippen molar-refractivity contribution in [2.75, 3.05) is 0 Å². The van der Waals surface area contributed by atoms with Crippen LogP contribution in [0.25, 0.3) is 6.08 Å². The van der Waals surface area contributed by atoms with Gasteiger partial charge in [0.05, 0.1) is 0 Å². The van der Waals surface area contributed by atoms with Crippen molar-refractivity contribution >= 4 is 6.08 Å². The van der Waals surface area contributed by atoms with Crippen molar-refractivity contribution in [3.05, 3.63) is 77.9 Å². The van der Waals surface area contributed by atoms with Gasteiger partial charge in [0.1, 0.15) is 0 Å². The maximum Gasteiger partial charge on any atom is -0.0157 e. The third kappa shape index (κ3) is 3.10. The van der Waals surface area contributed by atoms with Crippen molar-refractivity contribution in [3.8, 4) is 0 Å². The van der Waals surface area contributed by atoms with E-state index in [1.165, 1.54) is 11.1 Å². The summed E-state index contributed by atoms with van der Waals surface area (Å²) in [5.41, 5.74) is 2.51. The lowest BCUT2D eigenvalue weighted by atomic mass is 10.1. The Morgan fingerprint density at radius 3 is 2.67 bits per heavy atom. The molecule has 0 unspecified atom stereocenters. The molecule has 0 heteroatoms. The monoisotopic (exact) mass is 194 g/mol. The zero-order valence-electron chi connectivity index (χ0n) is 8.64. The first kappa shape index (κ1) is 9.72. The third-order valence-corrected chi connectivity index (χ3v) is 2.29. The molecule has 0 radical (unpaired) electrons. The van der Waals surface area contributed by atoms with Gasteiger partial charge in [-0.05, 0) is 17.6 Å². The fraction of sp³-hybridized carbons (Fsp3) is 0.0667. The van der Waals surface area contributed by atoms with Gasteiger partial charge in [-0.1, -0.05) is 72.9 Å². The van der Waals surface area contributed by atoms with E-state index in [-0.39, 0.29) is 0 Å². The van der Waals surface area contributed by atoms with E-state index >= 15 is 0 Å². The van der Waals surface area contributed by atoms with Crippen molar-refractivity contribution in [2.45, 2.75) is 6.42 Å². The molecule has 2 rings (SSSR count). The lowest BCUT2D eigenvalue weighted by molar-refractivity contribution is 1.38. The normalized spacial score (nSPS) is 15.3. The fourth-order valence-corrected chi connectivity index (χ4v) is 1.48. The van der Waals surface area contributed by atoms with Crippen LogP contribution in [-0.2, 0) is 0 Å². The molecule has 1 aromatic rings. The second-order valence-corrected chi connectivity index (χ2v) is 3.47. The second-order valence-electron chi connectivity index (χ2n) is 3.47. The minimum absolute atomic E-state index is 1.02. The average molecular weight is 194 g/mol. The van der Waals surface area contributed by atoms with Gasteiger partial charge < -0.3 is 0 Å².